The van der Waals surface area contributed by atoms with Gasteiger partial charge in [0.1, 0.15) is 11.5 Å². The van der Waals surface area contributed by atoms with E-state index in [2.05, 4.69) is 23.8 Å². The van der Waals surface area contributed by atoms with Gasteiger partial charge in [-0.3, -0.25) is 4.79 Å². The number of sulfonamides is 1. The molecule has 4 rings (SSSR count). The summed E-state index contributed by atoms with van der Waals surface area (Å²) in [6, 6.07) is 10.8. The first-order valence-electron chi connectivity index (χ1n) is 9.45. The van der Waals surface area contributed by atoms with Crippen molar-refractivity contribution < 1.29 is 18.3 Å². The van der Waals surface area contributed by atoms with E-state index < -0.39 is 10.0 Å². The summed E-state index contributed by atoms with van der Waals surface area (Å²) in [5.41, 5.74) is 0.326. The quantitative estimate of drug-likeness (QED) is 0.596. The van der Waals surface area contributed by atoms with Crippen molar-refractivity contribution in [3.8, 4) is 5.75 Å². The van der Waals surface area contributed by atoms with Gasteiger partial charge in [0.2, 0.25) is 10.0 Å². The van der Waals surface area contributed by atoms with Crippen LogP contribution < -0.4 is 4.83 Å². The zero-order valence-electron chi connectivity index (χ0n) is 15.9. The SMILES string of the molecule is CC1(C)C2CC(=O)C1C(CS(=O)(=O)N/N=C/c1c(O)ccc3ccccc13)C2. The summed E-state index contributed by atoms with van der Waals surface area (Å²) in [4.78, 5) is 14.5. The van der Waals surface area contributed by atoms with Crippen LogP contribution in [0.4, 0.5) is 0 Å². The molecule has 7 heteroatoms. The Hall–Kier alpha value is -2.41. The predicted molar refractivity (Wildman–Crippen MR) is 109 cm³/mol. The molecule has 6 nitrogen and oxygen atoms in total. The lowest BCUT2D eigenvalue weighted by Crippen LogP contribution is -2.33. The second-order valence-electron chi connectivity index (χ2n) is 8.51. The Balaban J connectivity index is 1.50. The lowest BCUT2D eigenvalue weighted by Gasteiger charge is -2.25. The number of carbonyl (C=O) groups excluding carboxylic acids is 1. The molecule has 2 N–H and O–H groups in total. The van der Waals surface area contributed by atoms with Gasteiger partial charge in [0.15, 0.2) is 0 Å². The van der Waals surface area contributed by atoms with Gasteiger partial charge in [0.05, 0.1) is 12.0 Å². The van der Waals surface area contributed by atoms with Crippen molar-refractivity contribution in [3.63, 3.8) is 0 Å². The van der Waals surface area contributed by atoms with Crippen LogP contribution in [0.3, 0.4) is 0 Å². The molecular weight excluding hydrogens is 376 g/mol. The van der Waals surface area contributed by atoms with E-state index in [1.807, 2.05) is 24.3 Å². The number of rotatable bonds is 5. The van der Waals surface area contributed by atoms with Gasteiger partial charge < -0.3 is 5.11 Å². The fourth-order valence-corrected chi connectivity index (χ4v) is 6.32. The number of phenols is 1. The Labute approximate surface area is 164 Å². The summed E-state index contributed by atoms with van der Waals surface area (Å²) in [7, 11) is -3.68. The summed E-state index contributed by atoms with van der Waals surface area (Å²) in [5, 5.41) is 15.7. The molecule has 2 aliphatic carbocycles. The van der Waals surface area contributed by atoms with Gasteiger partial charge in [-0.25, -0.2) is 13.2 Å². The number of carbonyl (C=O) groups is 1. The minimum atomic E-state index is -3.68. The highest BCUT2D eigenvalue weighted by Gasteiger charge is 2.58. The molecule has 0 radical (unpaired) electrons. The number of benzene rings is 2. The van der Waals surface area contributed by atoms with Crippen molar-refractivity contribution in [1.29, 1.82) is 0 Å². The zero-order valence-corrected chi connectivity index (χ0v) is 16.7. The molecule has 2 saturated carbocycles. The van der Waals surface area contributed by atoms with E-state index in [-0.39, 0.29) is 40.5 Å². The summed E-state index contributed by atoms with van der Waals surface area (Å²) in [5.74, 6) is 0.0106. The highest BCUT2D eigenvalue weighted by molar-refractivity contribution is 7.89. The largest absolute Gasteiger partial charge is 0.507 e. The standard InChI is InChI=1S/C21H24N2O4S/c1-21(2)15-9-14(20(21)19(25)10-15)12-28(26,27)23-22-11-17-16-6-4-3-5-13(16)7-8-18(17)24/h3-8,11,14-15,20,23-24H,9-10,12H2,1-2H3/b22-11+. The van der Waals surface area contributed by atoms with E-state index >= 15 is 0 Å². The number of phenolic OH excluding ortho intramolecular Hbond substituents is 1. The molecular formula is C21H24N2O4S. The predicted octanol–water partition coefficient (Wildman–Crippen LogP) is 3.05. The number of fused-ring (bicyclic) bond motifs is 3. The molecule has 3 unspecified atom stereocenters. The van der Waals surface area contributed by atoms with Crippen LogP contribution >= 0.6 is 0 Å². The number of Topliss-reactive ketones (excluding diaryl/α,β-unsaturated/α-hetero) is 1. The minimum Gasteiger partial charge on any atom is -0.507 e. The van der Waals surface area contributed by atoms with E-state index in [0.717, 1.165) is 17.2 Å². The highest BCUT2D eigenvalue weighted by atomic mass is 32.2. The van der Waals surface area contributed by atoms with Crippen LogP contribution in [-0.4, -0.2) is 31.3 Å². The van der Waals surface area contributed by atoms with Gasteiger partial charge in [0, 0.05) is 17.9 Å². The molecule has 0 heterocycles. The number of nitrogens with one attached hydrogen (secondary N) is 1. The maximum absolute atomic E-state index is 12.5. The van der Waals surface area contributed by atoms with Gasteiger partial charge in [-0.1, -0.05) is 44.2 Å². The van der Waals surface area contributed by atoms with Gasteiger partial charge in [0.25, 0.3) is 0 Å². The van der Waals surface area contributed by atoms with Crippen LogP contribution in [0.2, 0.25) is 0 Å². The maximum atomic E-state index is 12.5. The Morgan fingerprint density at radius 1 is 1.25 bits per heavy atom. The summed E-state index contributed by atoms with van der Waals surface area (Å²) in [6.45, 7) is 4.13. The first-order chi connectivity index (χ1) is 13.2. The van der Waals surface area contributed by atoms with Crippen LogP contribution in [0.5, 0.6) is 5.75 Å². The smallest absolute Gasteiger partial charge is 0.247 e. The molecule has 28 heavy (non-hydrogen) atoms. The average molecular weight is 401 g/mol. The highest BCUT2D eigenvalue weighted by Crippen LogP contribution is 2.58. The van der Waals surface area contributed by atoms with Crippen molar-refractivity contribution in [2.45, 2.75) is 26.7 Å². The van der Waals surface area contributed by atoms with Crippen molar-refractivity contribution in [3.05, 3.63) is 42.0 Å². The molecule has 0 aromatic heterocycles. The maximum Gasteiger partial charge on any atom is 0.247 e. The molecule has 2 aliphatic rings. The van der Waals surface area contributed by atoms with E-state index in [0.29, 0.717) is 12.0 Å². The number of nitrogens with zero attached hydrogens (tertiary/aromatic N) is 1. The number of hydrazone groups is 1. The molecule has 0 amide bonds. The van der Waals surface area contributed by atoms with Gasteiger partial charge in [-0.15, -0.1) is 0 Å². The Bertz CT molecular complexity index is 1080. The third-order valence-electron chi connectivity index (χ3n) is 6.47. The van der Waals surface area contributed by atoms with Crippen LogP contribution in [0.15, 0.2) is 41.5 Å². The van der Waals surface area contributed by atoms with Gasteiger partial charge >= 0.3 is 0 Å². The molecule has 0 aliphatic heterocycles. The van der Waals surface area contributed by atoms with E-state index in [1.165, 1.54) is 6.21 Å². The first kappa shape index (κ1) is 18.9. The molecule has 2 fully saturated rings. The number of hydrogen-bond acceptors (Lipinski definition) is 5. The third-order valence-corrected chi connectivity index (χ3v) is 7.72. The van der Waals surface area contributed by atoms with Crippen LogP contribution in [0.1, 0.15) is 32.3 Å². The lowest BCUT2D eigenvalue weighted by molar-refractivity contribution is -0.123. The Morgan fingerprint density at radius 2 is 2.00 bits per heavy atom. The second kappa shape index (κ2) is 6.58. The molecule has 0 saturated heterocycles. The van der Waals surface area contributed by atoms with E-state index in [4.69, 9.17) is 0 Å². The second-order valence-corrected chi connectivity index (χ2v) is 10.3. The fourth-order valence-electron chi connectivity index (χ4n) is 5.14. The van der Waals surface area contributed by atoms with Crippen LogP contribution in [0.25, 0.3) is 10.8 Å². The topological polar surface area (TPSA) is 95.8 Å². The number of aromatic hydroxyl groups is 1. The Kier molecular flexibility index (Phi) is 4.45. The summed E-state index contributed by atoms with van der Waals surface area (Å²) in [6.07, 6.45) is 2.66. The monoisotopic (exact) mass is 400 g/mol. The molecule has 148 valence electrons. The third kappa shape index (κ3) is 3.17. The minimum absolute atomic E-state index is 0.0297. The van der Waals surface area contributed by atoms with Gasteiger partial charge in [-0.2, -0.15) is 5.10 Å². The molecule has 2 aromatic carbocycles. The van der Waals surface area contributed by atoms with Crippen LogP contribution in [-0.2, 0) is 14.8 Å². The average Bonchev–Trinajstić information content (AvgIpc) is 2.98. The summed E-state index contributed by atoms with van der Waals surface area (Å²) < 4.78 is 25.0. The van der Waals surface area contributed by atoms with E-state index in [1.54, 1.807) is 12.1 Å². The summed E-state index contributed by atoms with van der Waals surface area (Å²) >= 11 is 0. The molecule has 3 atom stereocenters. The molecule has 2 aromatic rings. The van der Waals surface area contributed by atoms with Crippen molar-refractivity contribution >= 4 is 32.8 Å². The zero-order chi connectivity index (χ0) is 20.1. The van der Waals surface area contributed by atoms with Crippen LogP contribution in [0, 0.1) is 23.2 Å². The number of hydrogen-bond donors (Lipinski definition) is 2. The Morgan fingerprint density at radius 3 is 2.71 bits per heavy atom. The normalized spacial score (nSPS) is 26.4. The lowest BCUT2D eigenvalue weighted by atomic mass is 9.80. The number of ketones is 1. The molecule has 0 spiro atoms. The van der Waals surface area contributed by atoms with Crippen molar-refractivity contribution in [2.24, 2.45) is 28.3 Å². The van der Waals surface area contributed by atoms with E-state index in [9.17, 15) is 18.3 Å². The van der Waals surface area contributed by atoms with Gasteiger partial charge in [-0.05, 0) is 40.5 Å². The van der Waals surface area contributed by atoms with Crippen molar-refractivity contribution in [2.75, 3.05) is 5.75 Å². The first-order valence-corrected chi connectivity index (χ1v) is 11.1. The fraction of sp³-hybridized carbons (Fsp3) is 0.429. The molecule has 2 bridgehead atoms. The van der Waals surface area contributed by atoms with Crippen molar-refractivity contribution in [1.82, 2.24) is 4.83 Å².